The fourth-order valence-electron chi connectivity index (χ4n) is 3.13. The van der Waals surface area contributed by atoms with Crippen LogP contribution in [0.4, 0.5) is 0 Å². The fraction of sp³-hybridized carbons (Fsp3) is 0.556. The third-order valence-corrected chi connectivity index (χ3v) is 7.27. The monoisotopic (exact) mass is 440 g/mol. The summed E-state index contributed by atoms with van der Waals surface area (Å²) >= 11 is 2.21. The summed E-state index contributed by atoms with van der Waals surface area (Å²) in [7, 11) is 1.28. The third-order valence-electron chi connectivity index (χ3n) is 4.77. The number of thioether (sulfide) groups is 1. The molecule has 2 atom stereocenters. The molecule has 2 aromatic rings. The van der Waals surface area contributed by atoms with E-state index in [0.29, 0.717) is 28.2 Å². The predicted octanol–water partition coefficient (Wildman–Crippen LogP) is 1.43. The number of rotatable bonds is 7. The summed E-state index contributed by atoms with van der Waals surface area (Å²) in [5.74, 6) is 5.29. The van der Waals surface area contributed by atoms with Crippen molar-refractivity contribution in [2.75, 3.05) is 26.1 Å². The van der Waals surface area contributed by atoms with Gasteiger partial charge in [-0.25, -0.2) is 14.5 Å². The number of hydrogen-bond donors (Lipinski definition) is 2. The number of esters is 1. The number of ether oxygens (including phenoxy) is 2. The third kappa shape index (κ3) is 4.41. The van der Waals surface area contributed by atoms with Gasteiger partial charge in [-0.2, -0.15) is 0 Å². The van der Waals surface area contributed by atoms with E-state index in [2.05, 4.69) is 10.3 Å². The Balaban J connectivity index is 1.84. The molecule has 1 amide bonds. The Morgan fingerprint density at radius 3 is 2.90 bits per heavy atom. The number of amides is 1. The predicted molar refractivity (Wildman–Crippen MR) is 112 cm³/mol. The van der Waals surface area contributed by atoms with Gasteiger partial charge in [-0.05, 0) is 31.7 Å². The highest BCUT2D eigenvalue weighted by molar-refractivity contribution is 8.00. The summed E-state index contributed by atoms with van der Waals surface area (Å²) in [6, 6.07) is 0. The van der Waals surface area contributed by atoms with Crippen molar-refractivity contribution in [2.24, 2.45) is 0 Å². The molecule has 1 saturated heterocycles. The number of aryl methyl sites for hydroxylation is 1. The number of nitrogens with two attached hydrogens (primary N) is 1. The zero-order valence-corrected chi connectivity index (χ0v) is 18.2. The van der Waals surface area contributed by atoms with E-state index < -0.39 is 16.8 Å². The second kappa shape index (κ2) is 9.14. The Bertz CT molecular complexity index is 981. The first-order valence-corrected chi connectivity index (χ1v) is 11.0. The van der Waals surface area contributed by atoms with Crippen LogP contribution in [-0.2, 0) is 14.3 Å². The molecule has 1 fully saturated rings. The van der Waals surface area contributed by atoms with E-state index in [0.717, 1.165) is 47.2 Å². The lowest BCUT2D eigenvalue weighted by molar-refractivity contribution is -0.121. The van der Waals surface area contributed by atoms with Gasteiger partial charge in [-0.1, -0.05) is 18.7 Å². The molecule has 11 heteroatoms. The average molecular weight is 441 g/mol. The molecule has 0 aliphatic carbocycles. The fourth-order valence-corrected chi connectivity index (χ4v) is 5.23. The molecule has 0 spiro atoms. The van der Waals surface area contributed by atoms with E-state index in [4.69, 9.17) is 15.3 Å². The van der Waals surface area contributed by atoms with Crippen molar-refractivity contribution in [3.05, 3.63) is 20.8 Å². The van der Waals surface area contributed by atoms with Crippen LogP contribution in [0.3, 0.4) is 0 Å². The normalized spacial score (nSPS) is 17.4. The molecule has 158 valence electrons. The number of nitrogens with zero attached hydrogens (tertiary/aromatic N) is 2. The Kier molecular flexibility index (Phi) is 6.81. The summed E-state index contributed by atoms with van der Waals surface area (Å²) in [5.41, 5.74) is 0.0301. The molecule has 1 aliphatic rings. The van der Waals surface area contributed by atoms with E-state index in [-0.39, 0.29) is 22.6 Å². The lowest BCUT2D eigenvalue weighted by Crippen LogP contribution is -2.38. The zero-order chi connectivity index (χ0) is 21.1. The molecule has 0 unspecified atom stereocenters. The molecular formula is C18H24N4O5S2. The molecule has 0 aromatic carbocycles. The van der Waals surface area contributed by atoms with Gasteiger partial charge in [-0.3, -0.25) is 9.59 Å². The SMILES string of the molecule is CC[C@H](Sc1nc2sc(C(=O)OC)c(C)c2c(=O)n1N)C(=O)NC[C@H]1CCCO1. The van der Waals surface area contributed by atoms with Crippen molar-refractivity contribution in [3.63, 3.8) is 0 Å². The number of carbonyl (C=O) groups excluding carboxylic acids is 2. The maximum Gasteiger partial charge on any atom is 0.348 e. The molecule has 3 rings (SSSR count). The van der Waals surface area contributed by atoms with Crippen LogP contribution in [0.25, 0.3) is 10.2 Å². The van der Waals surface area contributed by atoms with Gasteiger partial charge >= 0.3 is 5.97 Å². The standard InChI is InChI=1S/C18H24N4O5S2/c1-4-11(14(23)20-8-10-6-5-7-27-10)28-18-21-15-12(16(24)22(18)19)9(2)13(29-15)17(25)26-3/h10-11H,4-8,19H2,1-3H3,(H,20,23)/t10-,11+/m1/s1. The van der Waals surface area contributed by atoms with Crippen LogP contribution in [0.2, 0.25) is 0 Å². The number of thiophene rings is 1. The molecule has 3 N–H and O–H groups in total. The van der Waals surface area contributed by atoms with E-state index in [1.807, 2.05) is 6.92 Å². The first-order chi connectivity index (χ1) is 13.9. The highest BCUT2D eigenvalue weighted by Gasteiger charge is 2.25. The summed E-state index contributed by atoms with van der Waals surface area (Å²) in [5, 5.41) is 2.95. The first-order valence-electron chi connectivity index (χ1n) is 9.32. The Labute approximate surface area is 175 Å². The number of carbonyl (C=O) groups is 2. The van der Waals surface area contributed by atoms with E-state index in [1.54, 1.807) is 6.92 Å². The van der Waals surface area contributed by atoms with Gasteiger partial charge in [0.2, 0.25) is 5.91 Å². The Hall–Kier alpha value is -2.11. The van der Waals surface area contributed by atoms with Crippen LogP contribution in [0.1, 0.15) is 41.4 Å². The van der Waals surface area contributed by atoms with Crippen LogP contribution in [-0.4, -0.2) is 53.2 Å². The van der Waals surface area contributed by atoms with Gasteiger partial charge in [0.1, 0.15) is 9.71 Å². The van der Waals surface area contributed by atoms with Gasteiger partial charge in [0.25, 0.3) is 5.56 Å². The number of hydrogen-bond acceptors (Lipinski definition) is 9. The second-order valence-corrected chi connectivity index (χ2v) is 8.86. The smallest absolute Gasteiger partial charge is 0.348 e. The van der Waals surface area contributed by atoms with Gasteiger partial charge < -0.3 is 20.6 Å². The second-order valence-electron chi connectivity index (χ2n) is 6.69. The Morgan fingerprint density at radius 1 is 1.52 bits per heavy atom. The number of nitrogen functional groups attached to an aromatic ring is 1. The molecule has 3 heterocycles. The quantitative estimate of drug-likeness (QED) is 0.287. The van der Waals surface area contributed by atoms with Gasteiger partial charge in [0.15, 0.2) is 5.16 Å². The van der Waals surface area contributed by atoms with Crippen molar-refractivity contribution < 1.29 is 19.1 Å². The number of methoxy groups -OCH3 is 1. The molecule has 9 nitrogen and oxygen atoms in total. The number of nitrogens with one attached hydrogen (secondary N) is 1. The molecule has 0 radical (unpaired) electrons. The Morgan fingerprint density at radius 2 is 2.28 bits per heavy atom. The highest BCUT2D eigenvalue weighted by atomic mass is 32.2. The van der Waals surface area contributed by atoms with Gasteiger partial charge in [-0.15, -0.1) is 11.3 Å². The van der Waals surface area contributed by atoms with Crippen molar-refractivity contribution in [3.8, 4) is 0 Å². The van der Waals surface area contributed by atoms with Crippen molar-refractivity contribution in [1.82, 2.24) is 15.0 Å². The minimum Gasteiger partial charge on any atom is -0.465 e. The molecule has 1 aliphatic heterocycles. The molecule has 0 bridgehead atoms. The summed E-state index contributed by atoms with van der Waals surface area (Å²) in [6.07, 6.45) is 2.52. The molecule has 2 aromatic heterocycles. The summed E-state index contributed by atoms with van der Waals surface area (Å²) in [4.78, 5) is 42.4. The largest absolute Gasteiger partial charge is 0.465 e. The van der Waals surface area contributed by atoms with Crippen LogP contribution < -0.4 is 16.7 Å². The molecular weight excluding hydrogens is 416 g/mol. The molecule has 0 saturated carbocycles. The first kappa shape index (κ1) is 21.6. The maximum absolute atomic E-state index is 12.8. The number of aromatic nitrogens is 2. The van der Waals surface area contributed by atoms with E-state index in [9.17, 15) is 14.4 Å². The van der Waals surface area contributed by atoms with Gasteiger partial charge in [0, 0.05) is 13.2 Å². The highest BCUT2D eigenvalue weighted by Crippen LogP contribution is 2.30. The van der Waals surface area contributed by atoms with Crippen LogP contribution in [0.15, 0.2) is 9.95 Å². The van der Waals surface area contributed by atoms with Crippen molar-refractivity contribution in [1.29, 1.82) is 0 Å². The molecule has 29 heavy (non-hydrogen) atoms. The van der Waals surface area contributed by atoms with Crippen molar-refractivity contribution in [2.45, 2.75) is 49.6 Å². The van der Waals surface area contributed by atoms with E-state index >= 15 is 0 Å². The number of fused-ring (bicyclic) bond motifs is 1. The van der Waals surface area contributed by atoms with Crippen LogP contribution >= 0.6 is 23.1 Å². The van der Waals surface area contributed by atoms with Crippen molar-refractivity contribution >= 4 is 45.2 Å². The minimum absolute atomic E-state index is 0.0504. The van der Waals surface area contributed by atoms with E-state index in [1.165, 1.54) is 7.11 Å². The summed E-state index contributed by atoms with van der Waals surface area (Å²) in [6.45, 7) is 4.73. The van der Waals surface area contributed by atoms with Crippen LogP contribution in [0, 0.1) is 6.92 Å². The zero-order valence-electron chi connectivity index (χ0n) is 16.5. The topological polar surface area (TPSA) is 126 Å². The lowest BCUT2D eigenvalue weighted by atomic mass is 10.2. The van der Waals surface area contributed by atoms with Crippen LogP contribution in [0.5, 0.6) is 0 Å². The average Bonchev–Trinajstić information content (AvgIpc) is 3.35. The summed E-state index contributed by atoms with van der Waals surface area (Å²) < 4.78 is 11.2. The minimum atomic E-state index is -0.525. The lowest BCUT2D eigenvalue weighted by Gasteiger charge is -2.17. The van der Waals surface area contributed by atoms with Gasteiger partial charge in [0.05, 0.1) is 23.8 Å². The maximum atomic E-state index is 12.8.